The third-order valence-corrected chi connectivity index (χ3v) is 3.03. The highest BCUT2D eigenvalue weighted by atomic mass is 19.1. The summed E-state index contributed by atoms with van der Waals surface area (Å²) >= 11 is 0. The summed E-state index contributed by atoms with van der Waals surface area (Å²) in [7, 11) is 1.51. The molecule has 4 nitrogen and oxygen atoms in total. The number of rotatable bonds is 2. The minimum absolute atomic E-state index is 0.0230. The Bertz CT molecular complexity index is 798. The maximum atomic E-state index is 13.7. The summed E-state index contributed by atoms with van der Waals surface area (Å²) < 4.78 is 33.9. The van der Waals surface area contributed by atoms with Crippen LogP contribution in [0, 0.1) is 11.6 Å². The first-order valence-electron chi connectivity index (χ1n) is 5.88. The van der Waals surface area contributed by atoms with Crippen LogP contribution in [0.15, 0.2) is 36.4 Å². The van der Waals surface area contributed by atoms with E-state index < -0.39 is 11.6 Å². The molecule has 3 aromatic rings. The SMILES string of the molecule is COc1ccccc1-n1c(N)nc2c(F)cc(F)cc21. The van der Waals surface area contributed by atoms with Gasteiger partial charge in [-0.1, -0.05) is 12.1 Å². The fraction of sp³-hybridized carbons (Fsp3) is 0.0714. The Kier molecular flexibility index (Phi) is 2.78. The number of hydrogen-bond acceptors (Lipinski definition) is 3. The molecule has 0 saturated heterocycles. The van der Waals surface area contributed by atoms with Crippen molar-refractivity contribution in [1.82, 2.24) is 9.55 Å². The molecule has 0 spiro atoms. The topological polar surface area (TPSA) is 53.1 Å². The van der Waals surface area contributed by atoms with E-state index in [-0.39, 0.29) is 17.0 Å². The number of nitrogens with two attached hydrogens (primary N) is 1. The van der Waals surface area contributed by atoms with Crippen molar-refractivity contribution in [2.24, 2.45) is 0 Å². The van der Waals surface area contributed by atoms with Gasteiger partial charge in [0.2, 0.25) is 5.95 Å². The molecule has 2 N–H and O–H groups in total. The molecule has 102 valence electrons. The molecule has 0 saturated carbocycles. The Morgan fingerprint density at radius 2 is 1.95 bits per heavy atom. The number of anilines is 1. The Morgan fingerprint density at radius 1 is 1.20 bits per heavy atom. The van der Waals surface area contributed by atoms with Gasteiger partial charge in [-0.2, -0.15) is 0 Å². The van der Waals surface area contributed by atoms with Gasteiger partial charge in [-0.3, -0.25) is 4.57 Å². The molecule has 2 aromatic carbocycles. The number of para-hydroxylation sites is 2. The summed E-state index contributed by atoms with van der Waals surface area (Å²) in [5.41, 5.74) is 6.68. The van der Waals surface area contributed by atoms with E-state index in [1.54, 1.807) is 24.3 Å². The van der Waals surface area contributed by atoms with Gasteiger partial charge in [-0.25, -0.2) is 13.8 Å². The maximum absolute atomic E-state index is 13.7. The van der Waals surface area contributed by atoms with Crippen LogP contribution in [0.2, 0.25) is 0 Å². The molecule has 0 aliphatic rings. The normalized spacial score (nSPS) is 10.9. The second-order valence-electron chi connectivity index (χ2n) is 4.23. The van der Waals surface area contributed by atoms with Crippen LogP contribution in [0.1, 0.15) is 0 Å². The van der Waals surface area contributed by atoms with Crippen LogP contribution in [0.3, 0.4) is 0 Å². The number of halogens is 2. The maximum Gasteiger partial charge on any atom is 0.206 e. The summed E-state index contributed by atoms with van der Waals surface area (Å²) in [4.78, 5) is 3.95. The summed E-state index contributed by atoms with van der Waals surface area (Å²) in [6.45, 7) is 0. The Balaban J connectivity index is 2.39. The van der Waals surface area contributed by atoms with Gasteiger partial charge in [-0.05, 0) is 12.1 Å². The quantitative estimate of drug-likeness (QED) is 0.782. The molecule has 0 radical (unpaired) electrons. The predicted molar refractivity (Wildman–Crippen MR) is 72.0 cm³/mol. The summed E-state index contributed by atoms with van der Waals surface area (Å²) in [6, 6.07) is 9.00. The van der Waals surface area contributed by atoms with Gasteiger partial charge < -0.3 is 10.5 Å². The monoisotopic (exact) mass is 275 g/mol. The van der Waals surface area contributed by atoms with Gasteiger partial charge in [-0.15, -0.1) is 0 Å². The molecular weight excluding hydrogens is 264 g/mol. The summed E-state index contributed by atoms with van der Waals surface area (Å²) in [6.07, 6.45) is 0. The number of hydrogen-bond donors (Lipinski definition) is 1. The van der Waals surface area contributed by atoms with Crippen LogP contribution in [0.25, 0.3) is 16.7 Å². The van der Waals surface area contributed by atoms with Crippen molar-refractivity contribution >= 4 is 17.0 Å². The van der Waals surface area contributed by atoms with Crippen molar-refractivity contribution in [1.29, 1.82) is 0 Å². The molecule has 0 atom stereocenters. The number of fused-ring (bicyclic) bond motifs is 1. The lowest BCUT2D eigenvalue weighted by Crippen LogP contribution is -2.02. The minimum Gasteiger partial charge on any atom is -0.495 e. The molecule has 6 heteroatoms. The molecule has 0 aliphatic heterocycles. The van der Waals surface area contributed by atoms with Crippen LogP contribution >= 0.6 is 0 Å². The average molecular weight is 275 g/mol. The zero-order chi connectivity index (χ0) is 14.3. The third kappa shape index (κ3) is 1.77. The smallest absolute Gasteiger partial charge is 0.206 e. The van der Waals surface area contributed by atoms with Crippen molar-refractivity contribution in [2.45, 2.75) is 0 Å². The van der Waals surface area contributed by atoms with Crippen molar-refractivity contribution < 1.29 is 13.5 Å². The lowest BCUT2D eigenvalue weighted by atomic mass is 10.2. The van der Waals surface area contributed by atoms with Gasteiger partial charge in [0.1, 0.15) is 17.1 Å². The number of nitrogen functional groups attached to an aromatic ring is 1. The van der Waals surface area contributed by atoms with Crippen molar-refractivity contribution in [3.63, 3.8) is 0 Å². The second kappa shape index (κ2) is 4.48. The Morgan fingerprint density at radius 3 is 2.70 bits per heavy atom. The average Bonchev–Trinajstić information content (AvgIpc) is 2.75. The highest BCUT2D eigenvalue weighted by molar-refractivity contribution is 5.82. The van der Waals surface area contributed by atoms with E-state index in [0.717, 1.165) is 6.07 Å². The number of nitrogens with zero attached hydrogens (tertiary/aromatic N) is 2. The molecule has 3 rings (SSSR count). The highest BCUT2D eigenvalue weighted by Crippen LogP contribution is 2.30. The minimum atomic E-state index is -0.750. The van der Waals surface area contributed by atoms with Gasteiger partial charge in [0, 0.05) is 12.1 Å². The van der Waals surface area contributed by atoms with E-state index >= 15 is 0 Å². The zero-order valence-corrected chi connectivity index (χ0v) is 10.6. The molecule has 1 heterocycles. The Labute approximate surface area is 113 Å². The Hall–Kier alpha value is -2.63. The second-order valence-corrected chi connectivity index (χ2v) is 4.23. The fourth-order valence-corrected chi connectivity index (χ4v) is 2.19. The van der Waals surface area contributed by atoms with E-state index in [2.05, 4.69) is 4.98 Å². The lowest BCUT2D eigenvalue weighted by molar-refractivity contribution is 0.413. The van der Waals surface area contributed by atoms with Crippen LogP contribution in [0.5, 0.6) is 5.75 Å². The summed E-state index contributed by atoms with van der Waals surface area (Å²) in [5.74, 6) is -0.844. The largest absolute Gasteiger partial charge is 0.495 e. The van der Waals surface area contributed by atoms with Crippen molar-refractivity contribution in [2.75, 3.05) is 12.8 Å². The van der Waals surface area contributed by atoms with Crippen LogP contribution in [-0.2, 0) is 0 Å². The molecule has 0 unspecified atom stereocenters. The molecule has 0 aliphatic carbocycles. The third-order valence-electron chi connectivity index (χ3n) is 3.03. The molecule has 20 heavy (non-hydrogen) atoms. The fourth-order valence-electron chi connectivity index (χ4n) is 2.19. The van der Waals surface area contributed by atoms with E-state index in [1.807, 2.05) is 0 Å². The predicted octanol–water partition coefficient (Wildman–Crippen LogP) is 2.89. The molecular formula is C14H11F2N3O. The van der Waals surface area contributed by atoms with Crippen molar-refractivity contribution in [3.05, 3.63) is 48.0 Å². The zero-order valence-electron chi connectivity index (χ0n) is 10.6. The van der Waals surface area contributed by atoms with Crippen molar-refractivity contribution in [3.8, 4) is 11.4 Å². The number of benzene rings is 2. The van der Waals surface area contributed by atoms with E-state index in [4.69, 9.17) is 10.5 Å². The van der Waals surface area contributed by atoms with Crippen LogP contribution in [0.4, 0.5) is 14.7 Å². The molecule has 0 bridgehead atoms. The van der Waals surface area contributed by atoms with E-state index in [9.17, 15) is 8.78 Å². The highest BCUT2D eigenvalue weighted by Gasteiger charge is 2.17. The van der Waals surface area contributed by atoms with Gasteiger partial charge in [0.25, 0.3) is 0 Å². The number of methoxy groups -OCH3 is 1. The molecule has 0 amide bonds. The first kappa shape index (κ1) is 12.4. The standard InChI is InChI=1S/C14H11F2N3O/c1-20-12-5-3-2-4-10(12)19-11-7-8(15)6-9(16)13(11)18-14(19)17/h2-7H,1H3,(H2,17,18). The first-order chi connectivity index (χ1) is 9.61. The number of imidazole rings is 1. The lowest BCUT2D eigenvalue weighted by Gasteiger charge is -2.11. The van der Waals surface area contributed by atoms with Gasteiger partial charge >= 0.3 is 0 Å². The van der Waals surface area contributed by atoms with E-state index in [1.165, 1.54) is 17.7 Å². The summed E-state index contributed by atoms with van der Waals surface area (Å²) in [5, 5.41) is 0. The van der Waals surface area contributed by atoms with Gasteiger partial charge in [0.05, 0.1) is 18.3 Å². The molecule has 0 fully saturated rings. The molecule has 1 aromatic heterocycles. The van der Waals surface area contributed by atoms with Crippen LogP contribution in [-0.4, -0.2) is 16.7 Å². The van der Waals surface area contributed by atoms with Crippen LogP contribution < -0.4 is 10.5 Å². The number of ether oxygens (including phenoxy) is 1. The first-order valence-corrected chi connectivity index (χ1v) is 5.88. The van der Waals surface area contributed by atoms with E-state index in [0.29, 0.717) is 11.4 Å². The van der Waals surface area contributed by atoms with Gasteiger partial charge in [0.15, 0.2) is 5.82 Å². The number of aromatic nitrogens is 2.